The number of nitrogens with zero attached hydrogens (tertiary/aromatic N) is 1. The third-order valence-corrected chi connectivity index (χ3v) is 4.19. The van der Waals surface area contributed by atoms with Crippen LogP contribution in [-0.4, -0.2) is 42.6 Å². The summed E-state index contributed by atoms with van der Waals surface area (Å²) in [6.07, 6.45) is 2.25. The largest absolute Gasteiger partial charge is 0.358 e. The number of aryl methyl sites for hydroxylation is 1. The van der Waals surface area contributed by atoms with E-state index in [1.165, 1.54) is 24.2 Å². The second kappa shape index (κ2) is 5.94. The second-order valence-electron chi connectivity index (χ2n) is 5.61. The Morgan fingerprint density at radius 2 is 2.15 bits per heavy atom. The number of benzene rings is 1. The van der Waals surface area contributed by atoms with E-state index in [0.717, 1.165) is 43.5 Å². The molecule has 3 rings (SSSR count). The summed E-state index contributed by atoms with van der Waals surface area (Å²) in [5.41, 5.74) is 3.41. The molecular weight excluding hydrogens is 253 g/mol. The number of aromatic amines is 1. The number of H-pyrrole nitrogens is 1. The summed E-state index contributed by atoms with van der Waals surface area (Å²) in [4.78, 5) is 5.81. The van der Waals surface area contributed by atoms with Gasteiger partial charge in [0.2, 0.25) is 0 Å². The van der Waals surface area contributed by atoms with Crippen molar-refractivity contribution in [1.82, 2.24) is 15.2 Å². The van der Waals surface area contributed by atoms with Gasteiger partial charge in [0, 0.05) is 36.2 Å². The Labute approximate surface area is 119 Å². The van der Waals surface area contributed by atoms with Crippen LogP contribution < -0.4 is 5.32 Å². The number of hydrogen-bond donors (Lipinski definition) is 2. The lowest BCUT2D eigenvalue weighted by molar-refractivity contribution is 0.296. The van der Waals surface area contributed by atoms with Crippen LogP contribution in [0.5, 0.6) is 0 Å². The van der Waals surface area contributed by atoms with E-state index in [4.69, 9.17) is 0 Å². The molecule has 2 aromatic rings. The summed E-state index contributed by atoms with van der Waals surface area (Å²) in [5, 5.41) is 4.59. The number of hydrogen-bond acceptors (Lipinski definition) is 2. The van der Waals surface area contributed by atoms with Gasteiger partial charge in [-0.15, -0.1) is 0 Å². The highest BCUT2D eigenvalue weighted by atomic mass is 19.1. The van der Waals surface area contributed by atoms with Crippen molar-refractivity contribution in [3.05, 3.63) is 35.3 Å². The third kappa shape index (κ3) is 2.86. The minimum Gasteiger partial charge on any atom is -0.358 e. The Morgan fingerprint density at radius 1 is 1.25 bits per heavy atom. The van der Waals surface area contributed by atoms with E-state index in [0.29, 0.717) is 0 Å². The van der Waals surface area contributed by atoms with Crippen molar-refractivity contribution >= 4 is 10.9 Å². The molecule has 0 saturated carbocycles. The molecule has 0 bridgehead atoms. The second-order valence-corrected chi connectivity index (χ2v) is 5.61. The molecule has 20 heavy (non-hydrogen) atoms. The summed E-state index contributed by atoms with van der Waals surface area (Å²) in [6.45, 7) is 7.66. The van der Waals surface area contributed by atoms with Gasteiger partial charge in [0.15, 0.2) is 0 Å². The molecule has 2 heterocycles. The standard InChI is InChI=1S/C16H22FN3/c1-12-14(5-9-20-8-2-6-18-7-10-20)15-4-3-13(17)11-16(15)19-12/h3-4,11,18-19H,2,5-10H2,1H3. The fourth-order valence-corrected chi connectivity index (χ4v) is 3.08. The predicted molar refractivity (Wildman–Crippen MR) is 80.6 cm³/mol. The van der Waals surface area contributed by atoms with Gasteiger partial charge in [-0.25, -0.2) is 4.39 Å². The molecule has 1 fully saturated rings. The maximum absolute atomic E-state index is 13.3. The van der Waals surface area contributed by atoms with E-state index in [1.54, 1.807) is 12.1 Å². The average Bonchev–Trinajstić information content (AvgIpc) is 2.62. The lowest BCUT2D eigenvalue weighted by atomic mass is 10.1. The van der Waals surface area contributed by atoms with Gasteiger partial charge < -0.3 is 15.2 Å². The molecule has 0 aliphatic carbocycles. The summed E-state index contributed by atoms with van der Waals surface area (Å²) < 4.78 is 13.3. The molecule has 0 amide bonds. The van der Waals surface area contributed by atoms with E-state index in [2.05, 4.69) is 22.1 Å². The molecule has 0 atom stereocenters. The van der Waals surface area contributed by atoms with Gasteiger partial charge in [-0.2, -0.15) is 0 Å². The maximum Gasteiger partial charge on any atom is 0.125 e. The molecule has 1 aliphatic rings. The first-order chi connectivity index (χ1) is 9.74. The lowest BCUT2D eigenvalue weighted by Crippen LogP contribution is -2.30. The minimum atomic E-state index is -0.177. The van der Waals surface area contributed by atoms with Crippen molar-refractivity contribution < 1.29 is 4.39 Å². The van der Waals surface area contributed by atoms with Gasteiger partial charge in [0.05, 0.1) is 0 Å². The Morgan fingerprint density at radius 3 is 3.05 bits per heavy atom. The smallest absolute Gasteiger partial charge is 0.125 e. The number of nitrogens with one attached hydrogen (secondary N) is 2. The average molecular weight is 275 g/mol. The molecule has 1 aromatic heterocycles. The fourth-order valence-electron chi connectivity index (χ4n) is 3.08. The molecule has 0 spiro atoms. The highest BCUT2D eigenvalue weighted by molar-refractivity contribution is 5.84. The first kappa shape index (κ1) is 13.6. The van der Waals surface area contributed by atoms with E-state index in [9.17, 15) is 4.39 Å². The van der Waals surface area contributed by atoms with Crippen LogP contribution in [-0.2, 0) is 6.42 Å². The molecule has 1 saturated heterocycles. The fraction of sp³-hybridized carbons (Fsp3) is 0.500. The first-order valence-corrected chi connectivity index (χ1v) is 7.44. The highest BCUT2D eigenvalue weighted by Gasteiger charge is 2.12. The number of halogens is 1. The summed E-state index contributed by atoms with van der Waals surface area (Å²) in [5.74, 6) is -0.177. The molecule has 1 aromatic carbocycles. The van der Waals surface area contributed by atoms with E-state index < -0.39 is 0 Å². The van der Waals surface area contributed by atoms with Crippen LogP contribution >= 0.6 is 0 Å². The number of fused-ring (bicyclic) bond motifs is 1. The molecule has 1 aliphatic heterocycles. The Balaban J connectivity index is 1.75. The van der Waals surface area contributed by atoms with E-state index >= 15 is 0 Å². The van der Waals surface area contributed by atoms with Gasteiger partial charge in [-0.05, 0) is 56.6 Å². The number of rotatable bonds is 3. The zero-order valence-corrected chi connectivity index (χ0v) is 12.0. The molecule has 108 valence electrons. The van der Waals surface area contributed by atoms with Crippen LogP contribution in [0.3, 0.4) is 0 Å². The molecule has 3 nitrogen and oxygen atoms in total. The van der Waals surface area contributed by atoms with E-state index in [1.807, 2.05) is 6.07 Å². The van der Waals surface area contributed by atoms with Crippen molar-refractivity contribution in [3.8, 4) is 0 Å². The molecular formula is C16H22FN3. The Hall–Kier alpha value is -1.39. The minimum absolute atomic E-state index is 0.177. The van der Waals surface area contributed by atoms with Crippen LogP contribution in [0.4, 0.5) is 4.39 Å². The Kier molecular flexibility index (Phi) is 4.03. The number of aromatic nitrogens is 1. The highest BCUT2D eigenvalue weighted by Crippen LogP contribution is 2.23. The van der Waals surface area contributed by atoms with Gasteiger partial charge >= 0.3 is 0 Å². The SMILES string of the molecule is Cc1[nH]c2cc(F)ccc2c1CCN1CCCNCC1. The first-order valence-electron chi connectivity index (χ1n) is 7.44. The predicted octanol–water partition coefficient (Wildman–Crippen LogP) is 2.45. The van der Waals surface area contributed by atoms with Crippen LogP contribution in [0, 0.1) is 12.7 Å². The van der Waals surface area contributed by atoms with Crippen LogP contribution in [0.25, 0.3) is 10.9 Å². The third-order valence-electron chi connectivity index (χ3n) is 4.19. The van der Waals surface area contributed by atoms with E-state index in [-0.39, 0.29) is 5.82 Å². The Bertz CT molecular complexity index is 583. The van der Waals surface area contributed by atoms with Gasteiger partial charge in [-0.1, -0.05) is 0 Å². The van der Waals surface area contributed by atoms with Crippen LogP contribution in [0.15, 0.2) is 18.2 Å². The summed E-state index contributed by atoms with van der Waals surface area (Å²) in [7, 11) is 0. The summed E-state index contributed by atoms with van der Waals surface area (Å²) >= 11 is 0. The maximum atomic E-state index is 13.3. The topological polar surface area (TPSA) is 31.1 Å². The van der Waals surface area contributed by atoms with Gasteiger partial charge in [0.25, 0.3) is 0 Å². The lowest BCUT2D eigenvalue weighted by Gasteiger charge is -2.19. The zero-order valence-electron chi connectivity index (χ0n) is 12.0. The van der Waals surface area contributed by atoms with Crippen molar-refractivity contribution in [2.75, 3.05) is 32.7 Å². The van der Waals surface area contributed by atoms with Crippen LogP contribution in [0.1, 0.15) is 17.7 Å². The van der Waals surface area contributed by atoms with Crippen LogP contribution in [0.2, 0.25) is 0 Å². The van der Waals surface area contributed by atoms with Crippen molar-refractivity contribution in [1.29, 1.82) is 0 Å². The van der Waals surface area contributed by atoms with Crippen molar-refractivity contribution in [3.63, 3.8) is 0 Å². The van der Waals surface area contributed by atoms with Crippen molar-refractivity contribution in [2.24, 2.45) is 0 Å². The van der Waals surface area contributed by atoms with Gasteiger partial charge in [-0.3, -0.25) is 0 Å². The van der Waals surface area contributed by atoms with Crippen molar-refractivity contribution in [2.45, 2.75) is 19.8 Å². The van der Waals surface area contributed by atoms with Gasteiger partial charge in [0.1, 0.15) is 5.82 Å². The quantitative estimate of drug-likeness (QED) is 0.901. The molecule has 2 N–H and O–H groups in total. The molecule has 0 unspecified atom stereocenters. The normalized spacial score (nSPS) is 17.5. The summed E-state index contributed by atoms with van der Waals surface area (Å²) in [6, 6.07) is 5.03. The zero-order chi connectivity index (χ0) is 13.9. The molecule has 0 radical (unpaired) electrons. The molecule has 4 heteroatoms. The monoisotopic (exact) mass is 275 g/mol.